The standard InChI is InChI=1S/C9H8N6/c10-6-1-2-15(11)9-5-3-13-14-7(5)4-12-8(6)9/h1-4H,10-11H2. The van der Waals surface area contributed by atoms with Gasteiger partial charge in [-0.3, -0.25) is 9.66 Å². The number of nitrogens with zero attached hydrogens (tertiary/aromatic N) is 4. The van der Waals surface area contributed by atoms with Crippen molar-refractivity contribution in [3.63, 3.8) is 0 Å². The number of fused-ring (bicyclic) bond motifs is 3. The van der Waals surface area contributed by atoms with Crippen LogP contribution in [0.1, 0.15) is 0 Å². The third kappa shape index (κ3) is 0.954. The van der Waals surface area contributed by atoms with Crippen LogP contribution in [0.3, 0.4) is 0 Å². The Morgan fingerprint density at radius 2 is 2.13 bits per heavy atom. The van der Waals surface area contributed by atoms with Crippen LogP contribution in [0.4, 0.5) is 5.69 Å². The summed E-state index contributed by atoms with van der Waals surface area (Å²) in [7, 11) is 0. The molecule has 0 fully saturated rings. The Labute approximate surface area is 84.5 Å². The summed E-state index contributed by atoms with van der Waals surface area (Å²) >= 11 is 0. The molecule has 15 heavy (non-hydrogen) atoms. The van der Waals surface area contributed by atoms with Crippen LogP contribution < -0.4 is 11.6 Å². The number of hydrogen-bond acceptors (Lipinski definition) is 5. The van der Waals surface area contributed by atoms with Crippen LogP contribution in [-0.4, -0.2) is 19.9 Å². The van der Waals surface area contributed by atoms with Gasteiger partial charge in [-0.25, -0.2) is 0 Å². The Bertz CT molecular complexity index is 656. The predicted molar refractivity (Wildman–Crippen MR) is 57.4 cm³/mol. The molecule has 4 N–H and O–H groups in total. The first-order valence-electron chi connectivity index (χ1n) is 4.39. The second-order valence-electron chi connectivity index (χ2n) is 3.28. The largest absolute Gasteiger partial charge is 0.397 e. The van der Waals surface area contributed by atoms with Crippen LogP contribution in [0.5, 0.6) is 0 Å². The highest BCUT2D eigenvalue weighted by molar-refractivity contribution is 6.05. The molecule has 0 aromatic carbocycles. The smallest absolute Gasteiger partial charge is 0.115 e. The molecule has 0 aliphatic rings. The van der Waals surface area contributed by atoms with Crippen LogP contribution in [0.25, 0.3) is 21.9 Å². The van der Waals surface area contributed by atoms with Gasteiger partial charge in [-0.05, 0) is 6.07 Å². The van der Waals surface area contributed by atoms with Crippen LogP contribution in [0.2, 0.25) is 0 Å². The van der Waals surface area contributed by atoms with E-state index in [9.17, 15) is 0 Å². The number of anilines is 1. The topological polar surface area (TPSA) is 95.6 Å². The lowest BCUT2D eigenvalue weighted by Gasteiger charge is -2.07. The van der Waals surface area contributed by atoms with Crippen LogP contribution in [-0.2, 0) is 0 Å². The highest BCUT2D eigenvalue weighted by Crippen LogP contribution is 2.24. The average Bonchev–Trinajstić information content (AvgIpc) is 2.70. The van der Waals surface area contributed by atoms with Crippen molar-refractivity contribution < 1.29 is 0 Å². The van der Waals surface area contributed by atoms with Crippen molar-refractivity contribution in [2.75, 3.05) is 11.6 Å². The fraction of sp³-hybridized carbons (Fsp3) is 0. The normalized spacial score (nSPS) is 11.2. The van der Waals surface area contributed by atoms with Crippen molar-refractivity contribution in [3.8, 4) is 0 Å². The van der Waals surface area contributed by atoms with Gasteiger partial charge in [0, 0.05) is 6.20 Å². The van der Waals surface area contributed by atoms with Gasteiger partial charge in [-0.1, -0.05) is 0 Å². The average molecular weight is 200 g/mol. The molecule has 3 aromatic heterocycles. The number of nitrogens with two attached hydrogens (primary N) is 2. The maximum absolute atomic E-state index is 5.82. The van der Waals surface area contributed by atoms with Crippen molar-refractivity contribution >= 4 is 27.6 Å². The quantitative estimate of drug-likeness (QED) is 0.508. The Morgan fingerprint density at radius 1 is 1.27 bits per heavy atom. The van der Waals surface area contributed by atoms with Crippen molar-refractivity contribution in [1.29, 1.82) is 0 Å². The maximum atomic E-state index is 5.82. The number of nitrogen functional groups attached to an aromatic ring is 2. The van der Waals surface area contributed by atoms with E-state index in [1.807, 2.05) is 0 Å². The van der Waals surface area contributed by atoms with Gasteiger partial charge >= 0.3 is 0 Å². The SMILES string of the molecule is Nc1ccn(N)c2c1ncc1nncc12. The van der Waals surface area contributed by atoms with E-state index in [2.05, 4.69) is 15.2 Å². The summed E-state index contributed by atoms with van der Waals surface area (Å²) in [6, 6.07) is 1.71. The zero-order chi connectivity index (χ0) is 10.4. The first-order valence-corrected chi connectivity index (χ1v) is 4.39. The van der Waals surface area contributed by atoms with E-state index in [1.54, 1.807) is 24.7 Å². The van der Waals surface area contributed by atoms with Gasteiger partial charge in [0.15, 0.2) is 0 Å². The highest BCUT2D eigenvalue weighted by Gasteiger charge is 2.08. The Balaban J connectivity index is 2.67. The molecule has 0 radical (unpaired) electrons. The molecule has 0 atom stereocenters. The van der Waals surface area contributed by atoms with Gasteiger partial charge in [-0.15, -0.1) is 5.10 Å². The highest BCUT2D eigenvalue weighted by atomic mass is 15.3. The van der Waals surface area contributed by atoms with Gasteiger partial charge in [0.05, 0.1) is 23.5 Å². The Kier molecular flexibility index (Phi) is 1.37. The molecule has 3 rings (SSSR count). The lowest BCUT2D eigenvalue weighted by Crippen LogP contribution is -2.10. The molecule has 0 saturated carbocycles. The Morgan fingerprint density at radius 3 is 3.00 bits per heavy atom. The summed E-state index contributed by atoms with van der Waals surface area (Å²) < 4.78 is 1.48. The van der Waals surface area contributed by atoms with Gasteiger partial charge in [-0.2, -0.15) is 5.10 Å². The molecule has 3 heterocycles. The molecular weight excluding hydrogens is 192 g/mol. The molecule has 3 aromatic rings. The first-order chi connectivity index (χ1) is 7.27. The third-order valence-electron chi connectivity index (χ3n) is 2.37. The molecule has 6 heteroatoms. The monoisotopic (exact) mass is 200 g/mol. The van der Waals surface area contributed by atoms with E-state index >= 15 is 0 Å². The lowest BCUT2D eigenvalue weighted by molar-refractivity contribution is 1.05. The zero-order valence-electron chi connectivity index (χ0n) is 7.75. The third-order valence-corrected chi connectivity index (χ3v) is 2.37. The van der Waals surface area contributed by atoms with E-state index in [-0.39, 0.29) is 0 Å². The molecule has 6 nitrogen and oxygen atoms in total. The van der Waals surface area contributed by atoms with E-state index in [0.717, 1.165) is 10.9 Å². The van der Waals surface area contributed by atoms with Crippen molar-refractivity contribution in [2.24, 2.45) is 0 Å². The van der Waals surface area contributed by atoms with Crippen LogP contribution in [0, 0.1) is 0 Å². The summed E-state index contributed by atoms with van der Waals surface area (Å²) in [6.45, 7) is 0. The summed E-state index contributed by atoms with van der Waals surface area (Å²) in [5, 5.41) is 8.60. The van der Waals surface area contributed by atoms with Gasteiger partial charge in [0.2, 0.25) is 0 Å². The molecule has 0 aliphatic carbocycles. The number of pyridine rings is 2. The van der Waals surface area contributed by atoms with E-state index in [1.165, 1.54) is 4.68 Å². The fourth-order valence-electron chi connectivity index (χ4n) is 1.65. The van der Waals surface area contributed by atoms with Gasteiger partial charge in [0.25, 0.3) is 0 Å². The van der Waals surface area contributed by atoms with Crippen LogP contribution >= 0.6 is 0 Å². The molecule has 0 amide bonds. The van der Waals surface area contributed by atoms with E-state index < -0.39 is 0 Å². The summed E-state index contributed by atoms with van der Waals surface area (Å²) in [5.74, 6) is 5.82. The lowest BCUT2D eigenvalue weighted by atomic mass is 10.2. The van der Waals surface area contributed by atoms with Crippen LogP contribution in [0.15, 0.2) is 24.7 Å². The second-order valence-corrected chi connectivity index (χ2v) is 3.28. The number of aromatic nitrogens is 4. The zero-order valence-corrected chi connectivity index (χ0v) is 7.75. The minimum Gasteiger partial charge on any atom is -0.397 e. The summed E-state index contributed by atoms with van der Waals surface area (Å²) in [5.41, 5.74) is 8.54. The number of hydrogen-bond donors (Lipinski definition) is 2. The van der Waals surface area contributed by atoms with E-state index in [0.29, 0.717) is 16.7 Å². The predicted octanol–water partition coefficient (Wildman–Crippen LogP) is 0.275. The fourth-order valence-corrected chi connectivity index (χ4v) is 1.65. The minimum absolute atomic E-state index is 0.592. The van der Waals surface area contributed by atoms with Crippen molar-refractivity contribution in [1.82, 2.24) is 19.9 Å². The molecule has 0 spiro atoms. The summed E-state index contributed by atoms with van der Waals surface area (Å²) in [6.07, 6.45) is 4.98. The maximum Gasteiger partial charge on any atom is 0.115 e. The van der Waals surface area contributed by atoms with Gasteiger partial charge in [0.1, 0.15) is 16.6 Å². The molecular formula is C9H8N6. The van der Waals surface area contributed by atoms with Crippen molar-refractivity contribution in [2.45, 2.75) is 0 Å². The first kappa shape index (κ1) is 7.98. The van der Waals surface area contributed by atoms with Gasteiger partial charge < -0.3 is 11.6 Å². The second kappa shape index (κ2) is 2.57. The minimum atomic E-state index is 0.592. The molecule has 0 unspecified atom stereocenters. The van der Waals surface area contributed by atoms with E-state index in [4.69, 9.17) is 11.6 Å². The Hall–Kier alpha value is -2.37. The molecule has 0 aliphatic heterocycles. The molecule has 0 saturated heterocycles. The molecule has 0 bridgehead atoms. The van der Waals surface area contributed by atoms with Crippen molar-refractivity contribution in [3.05, 3.63) is 24.7 Å². The summed E-state index contributed by atoms with van der Waals surface area (Å²) in [4.78, 5) is 4.21. The number of rotatable bonds is 0. The molecule has 74 valence electrons.